The Hall–Kier alpha value is -1.13. The molecule has 2 nitrogen and oxygen atoms in total. The fourth-order valence-corrected chi connectivity index (χ4v) is 1.20. The first-order valence-corrected chi connectivity index (χ1v) is 5.28. The predicted octanol–water partition coefficient (Wildman–Crippen LogP) is 3.56. The molecule has 0 aliphatic heterocycles. The molecule has 92 valence electrons. The fourth-order valence-electron chi connectivity index (χ4n) is 1.12. The molecule has 0 aliphatic rings. The van der Waals surface area contributed by atoms with Gasteiger partial charge in [-0.3, -0.25) is 0 Å². The number of hydrogen-bond acceptors (Lipinski definition) is 2. The molecule has 0 aromatic heterocycles. The van der Waals surface area contributed by atoms with Gasteiger partial charge in [-0.05, 0) is 24.6 Å². The zero-order valence-electron chi connectivity index (χ0n) is 8.55. The summed E-state index contributed by atoms with van der Waals surface area (Å²) < 4.78 is 27.3. The molecule has 0 saturated carbocycles. The number of rotatable bonds is 4. The molecule has 0 saturated heterocycles. The Bertz CT molecular complexity index is 442. The van der Waals surface area contributed by atoms with Gasteiger partial charge in [0.05, 0.1) is 0 Å². The summed E-state index contributed by atoms with van der Waals surface area (Å²) in [6, 6.07) is 3.40. The van der Waals surface area contributed by atoms with Gasteiger partial charge in [0.2, 0.25) is 0 Å². The first-order chi connectivity index (χ1) is 7.84. The minimum Gasteiger partial charge on any atom is -0.422 e. The van der Waals surface area contributed by atoms with Crippen molar-refractivity contribution in [1.82, 2.24) is 0 Å². The number of benzene rings is 1. The highest BCUT2D eigenvalue weighted by Gasteiger charge is 2.36. The van der Waals surface area contributed by atoms with E-state index in [9.17, 15) is 13.6 Å². The van der Waals surface area contributed by atoms with Crippen molar-refractivity contribution in [1.29, 1.82) is 0 Å². The highest BCUT2D eigenvalue weighted by Crippen LogP contribution is 2.27. The van der Waals surface area contributed by atoms with E-state index in [2.05, 4.69) is 11.3 Å². The number of allylic oxidation sites excluding steroid dienone is 1. The van der Waals surface area contributed by atoms with Gasteiger partial charge in [0, 0.05) is 5.56 Å². The summed E-state index contributed by atoms with van der Waals surface area (Å²) in [5.74, 6) is -2.00. The molecular formula is C11H8Cl2F2O2. The number of esters is 1. The Labute approximate surface area is 107 Å². The predicted molar refractivity (Wildman–Crippen MR) is 61.5 cm³/mol. The molecule has 0 bridgehead atoms. The zero-order valence-corrected chi connectivity index (χ0v) is 10.1. The molecule has 6 heteroatoms. The largest absolute Gasteiger partial charge is 0.422 e. The molecule has 0 radical (unpaired) electrons. The summed E-state index contributed by atoms with van der Waals surface area (Å²) in [5.41, 5.74) is 0.339. The Morgan fingerprint density at radius 2 is 2.18 bits per heavy atom. The summed E-state index contributed by atoms with van der Waals surface area (Å²) in [4.78, 5) is 11.1. The van der Waals surface area contributed by atoms with Crippen LogP contribution in [0.15, 0.2) is 30.9 Å². The van der Waals surface area contributed by atoms with Gasteiger partial charge in [0.25, 0.3) is 0 Å². The molecule has 0 fully saturated rings. The Morgan fingerprint density at radius 1 is 1.53 bits per heavy atom. The van der Waals surface area contributed by atoms with Crippen LogP contribution in [0.25, 0.3) is 0 Å². The number of carbonyl (C=O) groups is 1. The maximum absolute atomic E-state index is 12.9. The average Bonchev–Trinajstić information content (AvgIpc) is 2.21. The number of halogens is 4. The van der Waals surface area contributed by atoms with Gasteiger partial charge in [-0.15, -0.1) is 6.58 Å². The average molecular weight is 281 g/mol. The van der Waals surface area contributed by atoms with Crippen molar-refractivity contribution in [2.75, 3.05) is 0 Å². The van der Waals surface area contributed by atoms with E-state index in [0.29, 0.717) is 5.56 Å². The zero-order chi connectivity index (χ0) is 13.1. The SMILES string of the molecule is C=CCc1cc(F)ccc1OC(=O)C(F)(Cl)Cl. The first kappa shape index (κ1) is 13.9. The second-order valence-corrected chi connectivity index (χ2v) is 4.37. The van der Waals surface area contributed by atoms with Crippen molar-refractivity contribution in [2.24, 2.45) is 0 Å². The lowest BCUT2D eigenvalue weighted by molar-refractivity contribution is -0.138. The summed E-state index contributed by atoms with van der Waals surface area (Å²) in [6.45, 7) is 3.47. The van der Waals surface area contributed by atoms with Gasteiger partial charge in [-0.25, -0.2) is 9.18 Å². The van der Waals surface area contributed by atoms with Crippen molar-refractivity contribution in [3.63, 3.8) is 0 Å². The van der Waals surface area contributed by atoms with Crippen LogP contribution in [0.4, 0.5) is 8.78 Å². The fraction of sp³-hybridized carbons (Fsp3) is 0.182. The maximum Gasteiger partial charge on any atom is 0.381 e. The summed E-state index contributed by atoms with van der Waals surface area (Å²) in [7, 11) is 0. The van der Waals surface area contributed by atoms with Crippen LogP contribution in [0, 0.1) is 5.82 Å². The Morgan fingerprint density at radius 3 is 2.71 bits per heavy atom. The number of carbonyl (C=O) groups excluding carboxylic acids is 1. The van der Waals surface area contributed by atoms with Crippen LogP contribution < -0.4 is 4.74 Å². The third-order valence-corrected chi connectivity index (χ3v) is 2.13. The van der Waals surface area contributed by atoms with E-state index >= 15 is 0 Å². The molecule has 0 N–H and O–H groups in total. The molecule has 0 amide bonds. The number of alkyl halides is 3. The van der Waals surface area contributed by atoms with Gasteiger partial charge >= 0.3 is 10.6 Å². The molecule has 0 aliphatic carbocycles. The van der Waals surface area contributed by atoms with Gasteiger partial charge in [0.15, 0.2) is 0 Å². The molecule has 0 atom stereocenters. The highest BCUT2D eigenvalue weighted by molar-refractivity contribution is 6.56. The van der Waals surface area contributed by atoms with Crippen LogP contribution in [0.1, 0.15) is 5.56 Å². The van der Waals surface area contributed by atoms with Crippen molar-refractivity contribution in [3.05, 3.63) is 42.2 Å². The van der Waals surface area contributed by atoms with Crippen LogP contribution in [-0.2, 0) is 11.2 Å². The lowest BCUT2D eigenvalue weighted by Gasteiger charge is -2.11. The van der Waals surface area contributed by atoms with Crippen LogP contribution in [0.5, 0.6) is 5.75 Å². The van der Waals surface area contributed by atoms with E-state index in [0.717, 1.165) is 12.1 Å². The smallest absolute Gasteiger partial charge is 0.381 e. The molecule has 0 heterocycles. The standard InChI is InChI=1S/C11H8Cl2F2O2/c1-2-3-7-6-8(14)4-5-9(7)17-10(16)11(12,13)15/h2,4-6H,1,3H2. The van der Waals surface area contributed by atoms with Gasteiger partial charge in [0.1, 0.15) is 11.6 Å². The summed E-state index contributed by atoms with van der Waals surface area (Å²) in [6.07, 6.45) is 1.74. The second-order valence-electron chi connectivity index (χ2n) is 3.13. The lowest BCUT2D eigenvalue weighted by Crippen LogP contribution is -2.26. The Balaban J connectivity index is 2.98. The minimum atomic E-state index is -3.14. The van der Waals surface area contributed by atoms with E-state index in [1.54, 1.807) is 0 Å². The van der Waals surface area contributed by atoms with Crippen LogP contribution in [0.3, 0.4) is 0 Å². The highest BCUT2D eigenvalue weighted by atomic mass is 35.5. The van der Waals surface area contributed by atoms with Crippen molar-refractivity contribution >= 4 is 29.2 Å². The van der Waals surface area contributed by atoms with Gasteiger partial charge < -0.3 is 4.74 Å². The lowest BCUT2D eigenvalue weighted by atomic mass is 10.1. The van der Waals surface area contributed by atoms with E-state index in [1.165, 1.54) is 12.1 Å². The monoisotopic (exact) mass is 280 g/mol. The maximum atomic E-state index is 12.9. The molecule has 17 heavy (non-hydrogen) atoms. The molecular weight excluding hydrogens is 273 g/mol. The van der Waals surface area contributed by atoms with Crippen LogP contribution in [0.2, 0.25) is 0 Å². The van der Waals surface area contributed by atoms with Crippen molar-refractivity contribution < 1.29 is 18.3 Å². The van der Waals surface area contributed by atoms with E-state index in [-0.39, 0.29) is 12.2 Å². The number of hydrogen-bond donors (Lipinski definition) is 0. The minimum absolute atomic E-state index is 0.0142. The van der Waals surface area contributed by atoms with Gasteiger partial charge in [-0.1, -0.05) is 29.3 Å². The van der Waals surface area contributed by atoms with Crippen molar-refractivity contribution in [2.45, 2.75) is 11.0 Å². The van der Waals surface area contributed by atoms with Crippen LogP contribution in [-0.4, -0.2) is 10.6 Å². The molecule has 1 rings (SSSR count). The van der Waals surface area contributed by atoms with E-state index in [4.69, 9.17) is 23.2 Å². The Kier molecular flexibility index (Phi) is 4.48. The summed E-state index contributed by atoms with van der Waals surface area (Å²) in [5, 5.41) is 0. The third kappa shape index (κ3) is 3.98. The molecule has 1 aromatic rings. The quantitative estimate of drug-likeness (QED) is 0.365. The second kappa shape index (κ2) is 5.47. The molecule has 1 aromatic carbocycles. The third-order valence-electron chi connectivity index (χ3n) is 1.82. The van der Waals surface area contributed by atoms with Gasteiger partial charge in [-0.2, -0.15) is 4.39 Å². The first-order valence-electron chi connectivity index (χ1n) is 4.53. The van der Waals surface area contributed by atoms with Crippen LogP contribution >= 0.6 is 23.2 Å². The van der Waals surface area contributed by atoms with E-state index in [1.807, 2.05) is 0 Å². The topological polar surface area (TPSA) is 26.3 Å². The normalized spacial score (nSPS) is 11.1. The summed E-state index contributed by atoms with van der Waals surface area (Å²) >= 11 is 9.85. The molecule has 0 spiro atoms. The van der Waals surface area contributed by atoms with Crippen molar-refractivity contribution in [3.8, 4) is 5.75 Å². The molecule has 0 unspecified atom stereocenters. The number of ether oxygens (including phenoxy) is 1. The van der Waals surface area contributed by atoms with E-state index < -0.39 is 16.4 Å².